The summed E-state index contributed by atoms with van der Waals surface area (Å²) >= 11 is 1.23. The molecule has 154 valence electrons. The molecule has 0 bridgehead atoms. The average molecular weight is 422 g/mol. The van der Waals surface area contributed by atoms with Crippen molar-refractivity contribution in [3.8, 4) is 17.6 Å². The maximum absolute atomic E-state index is 12.5. The quantitative estimate of drug-likeness (QED) is 0.542. The highest BCUT2D eigenvalue weighted by atomic mass is 32.2. The molecule has 1 heterocycles. The molecular formula is C23H23N3O3S. The number of anilines is 1. The lowest BCUT2D eigenvalue weighted by Crippen LogP contribution is -2.15. The number of ether oxygens (including phenoxy) is 2. The third kappa shape index (κ3) is 4.84. The molecule has 0 unspecified atom stereocenters. The van der Waals surface area contributed by atoms with Crippen molar-refractivity contribution in [2.24, 2.45) is 0 Å². The summed E-state index contributed by atoms with van der Waals surface area (Å²) in [6.45, 7) is 4.25. The predicted octanol–water partition coefficient (Wildman–Crippen LogP) is 4.98. The molecule has 0 aliphatic rings. The summed E-state index contributed by atoms with van der Waals surface area (Å²) < 4.78 is 10.5. The fourth-order valence-corrected chi connectivity index (χ4v) is 3.72. The second kappa shape index (κ2) is 9.51. The third-order valence-corrected chi connectivity index (χ3v) is 5.60. The van der Waals surface area contributed by atoms with E-state index in [0.717, 1.165) is 10.9 Å². The number of carbonyl (C=O) groups excluding carboxylic acids is 1. The number of fused-ring (bicyclic) bond motifs is 1. The molecule has 0 aliphatic carbocycles. The lowest BCUT2D eigenvalue weighted by atomic mass is 10.0. The summed E-state index contributed by atoms with van der Waals surface area (Å²) in [5.74, 6) is 1.43. The number of nitriles is 1. The smallest absolute Gasteiger partial charge is 0.234 e. The van der Waals surface area contributed by atoms with Crippen LogP contribution in [0.15, 0.2) is 47.5 Å². The van der Waals surface area contributed by atoms with Crippen LogP contribution in [-0.2, 0) is 4.79 Å². The van der Waals surface area contributed by atoms with Gasteiger partial charge in [0, 0.05) is 11.5 Å². The highest BCUT2D eigenvalue weighted by molar-refractivity contribution is 8.00. The molecule has 1 aromatic heterocycles. The first-order valence-electron chi connectivity index (χ1n) is 9.44. The van der Waals surface area contributed by atoms with Gasteiger partial charge in [0.25, 0.3) is 0 Å². The van der Waals surface area contributed by atoms with E-state index in [2.05, 4.69) is 36.3 Å². The van der Waals surface area contributed by atoms with E-state index in [0.29, 0.717) is 33.7 Å². The van der Waals surface area contributed by atoms with Gasteiger partial charge in [-0.05, 0) is 41.8 Å². The molecule has 1 N–H and O–H groups in total. The van der Waals surface area contributed by atoms with Crippen LogP contribution in [0.3, 0.4) is 0 Å². The SMILES string of the molecule is COc1ccc(OC)c(NC(=O)CSc2nc3ccc(C(C)C)cc3cc2C#N)c1. The van der Waals surface area contributed by atoms with Gasteiger partial charge in [0.2, 0.25) is 5.91 Å². The van der Waals surface area contributed by atoms with Gasteiger partial charge in [0.05, 0.1) is 36.7 Å². The summed E-state index contributed by atoms with van der Waals surface area (Å²) in [5.41, 5.74) is 2.98. The zero-order valence-corrected chi connectivity index (χ0v) is 18.2. The minimum absolute atomic E-state index is 0.109. The number of amides is 1. The zero-order chi connectivity index (χ0) is 21.7. The number of hydrogen-bond acceptors (Lipinski definition) is 6. The number of benzene rings is 2. The van der Waals surface area contributed by atoms with Crippen molar-refractivity contribution in [2.45, 2.75) is 24.8 Å². The Morgan fingerprint density at radius 1 is 1.17 bits per heavy atom. The molecule has 0 saturated heterocycles. The molecule has 30 heavy (non-hydrogen) atoms. The zero-order valence-electron chi connectivity index (χ0n) is 17.4. The normalized spacial score (nSPS) is 10.7. The third-order valence-electron chi connectivity index (χ3n) is 4.61. The lowest BCUT2D eigenvalue weighted by Gasteiger charge is -2.12. The van der Waals surface area contributed by atoms with Crippen LogP contribution in [-0.4, -0.2) is 30.9 Å². The molecule has 0 aliphatic heterocycles. The molecule has 7 heteroatoms. The van der Waals surface area contributed by atoms with E-state index in [4.69, 9.17) is 9.47 Å². The monoisotopic (exact) mass is 421 g/mol. The molecule has 0 fully saturated rings. The van der Waals surface area contributed by atoms with Gasteiger partial charge in [-0.25, -0.2) is 4.98 Å². The number of carbonyl (C=O) groups is 1. The Bertz CT molecular complexity index is 1120. The van der Waals surface area contributed by atoms with Gasteiger partial charge in [0.15, 0.2) is 0 Å². The number of rotatable bonds is 7. The van der Waals surface area contributed by atoms with Gasteiger partial charge in [-0.1, -0.05) is 31.7 Å². The fourth-order valence-electron chi connectivity index (χ4n) is 2.96. The first-order valence-corrected chi connectivity index (χ1v) is 10.4. The first kappa shape index (κ1) is 21.5. The van der Waals surface area contributed by atoms with Crippen LogP contribution in [0.2, 0.25) is 0 Å². The maximum Gasteiger partial charge on any atom is 0.234 e. The molecular weight excluding hydrogens is 398 g/mol. The number of hydrogen-bond donors (Lipinski definition) is 1. The standard InChI is InChI=1S/C23H23N3O3S/c1-14(2)15-5-7-19-16(9-15)10-17(12-24)23(26-19)30-13-22(27)25-20-11-18(28-3)6-8-21(20)29-4/h5-11,14H,13H2,1-4H3,(H,25,27). The predicted molar refractivity (Wildman–Crippen MR) is 119 cm³/mol. The lowest BCUT2D eigenvalue weighted by molar-refractivity contribution is -0.113. The van der Waals surface area contributed by atoms with Crippen molar-refractivity contribution in [3.63, 3.8) is 0 Å². The van der Waals surface area contributed by atoms with Crippen molar-refractivity contribution >= 4 is 34.3 Å². The molecule has 6 nitrogen and oxygen atoms in total. The minimum Gasteiger partial charge on any atom is -0.497 e. The summed E-state index contributed by atoms with van der Waals surface area (Å²) in [5, 5.41) is 13.8. The van der Waals surface area contributed by atoms with E-state index in [-0.39, 0.29) is 11.7 Å². The van der Waals surface area contributed by atoms with Crippen LogP contribution < -0.4 is 14.8 Å². The summed E-state index contributed by atoms with van der Waals surface area (Å²) in [6, 6.07) is 15.3. The number of nitrogens with one attached hydrogen (secondary N) is 1. The minimum atomic E-state index is -0.229. The highest BCUT2D eigenvalue weighted by Gasteiger charge is 2.13. The Hall–Kier alpha value is -3.24. The molecule has 0 radical (unpaired) electrons. The van der Waals surface area contributed by atoms with E-state index < -0.39 is 0 Å². The largest absolute Gasteiger partial charge is 0.497 e. The van der Waals surface area contributed by atoms with Crippen molar-refractivity contribution in [1.82, 2.24) is 4.98 Å². The van der Waals surface area contributed by atoms with Crippen molar-refractivity contribution in [2.75, 3.05) is 25.3 Å². The van der Waals surface area contributed by atoms with E-state index in [1.54, 1.807) is 25.3 Å². The number of pyridine rings is 1. The molecule has 0 spiro atoms. The van der Waals surface area contributed by atoms with Gasteiger partial charge < -0.3 is 14.8 Å². The fraction of sp³-hybridized carbons (Fsp3) is 0.261. The second-order valence-corrected chi connectivity index (χ2v) is 7.93. The summed E-state index contributed by atoms with van der Waals surface area (Å²) in [4.78, 5) is 17.1. The first-order chi connectivity index (χ1) is 14.4. The maximum atomic E-state index is 12.5. The summed E-state index contributed by atoms with van der Waals surface area (Å²) in [6.07, 6.45) is 0. The Labute approximate surface area is 180 Å². The highest BCUT2D eigenvalue weighted by Crippen LogP contribution is 2.30. The molecule has 2 aromatic carbocycles. The van der Waals surface area contributed by atoms with Gasteiger partial charge >= 0.3 is 0 Å². The number of methoxy groups -OCH3 is 2. The van der Waals surface area contributed by atoms with Gasteiger partial charge in [-0.2, -0.15) is 5.26 Å². The molecule has 0 atom stereocenters. The average Bonchev–Trinajstić information content (AvgIpc) is 2.76. The molecule has 3 rings (SSSR count). The molecule has 3 aromatic rings. The Morgan fingerprint density at radius 3 is 2.63 bits per heavy atom. The van der Waals surface area contributed by atoms with E-state index >= 15 is 0 Å². The van der Waals surface area contributed by atoms with E-state index in [1.165, 1.54) is 24.4 Å². The van der Waals surface area contributed by atoms with E-state index in [1.807, 2.05) is 18.2 Å². The van der Waals surface area contributed by atoms with Crippen LogP contribution in [0.1, 0.15) is 30.9 Å². The van der Waals surface area contributed by atoms with Crippen LogP contribution in [0, 0.1) is 11.3 Å². The number of aromatic nitrogens is 1. The van der Waals surface area contributed by atoms with E-state index in [9.17, 15) is 10.1 Å². The van der Waals surface area contributed by atoms with Crippen molar-refractivity contribution in [1.29, 1.82) is 5.26 Å². The number of nitrogens with zero attached hydrogens (tertiary/aromatic N) is 2. The Kier molecular flexibility index (Phi) is 6.80. The summed E-state index contributed by atoms with van der Waals surface area (Å²) in [7, 11) is 3.09. The Balaban J connectivity index is 1.77. The van der Waals surface area contributed by atoms with Crippen LogP contribution >= 0.6 is 11.8 Å². The topological polar surface area (TPSA) is 84.2 Å². The van der Waals surface area contributed by atoms with Gasteiger partial charge in [-0.3, -0.25) is 4.79 Å². The molecule has 0 saturated carbocycles. The van der Waals surface area contributed by atoms with Crippen molar-refractivity contribution < 1.29 is 14.3 Å². The van der Waals surface area contributed by atoms with Crippen LogP contribution in [0.5, 0.6) is 11.5 Å². The van der Waals surface area contributed by atoms with Gasteiger partial charge in [-0.15, -0.1) is 0 Å². The van der Waals surface area contributed by atoms with Gasteiger partial charge in [0.1, 0.15) is 22.6 Å². The second-order valence-electron chi connectivity index (χ2n) is 6.96. The Morgan fingerprint density at radius 2 is 1.97 bits per heavy atom. The number of thioether (sulfide) groups is 1. The van der Waals surface area contributed by atoms with Crippen LogP contribution in [0.4, 0.5) is 5.69 Å². The van der Waals surface area contributed by atoms with Crippen molar-refractivity contribution in [3.05, 3.63) is 53.6 Å². The van der Waals surface area contributed by atoms with Crippen LogP contribution in [0.25, 0.3) is 10.9 Å². The molecule has 1 amide bonds.